The monoisotopic (exact) mass is 380 g/mol. The lowest BCUT2D eigenvalue weighted by Crippen LogP contribution is -2.10. The number of benzene rings is 2. The molecule has 4 nitrogen and oxygen atoms in total. The van der Waals surface area contributed by atoms with E-state index in [-0.39, 0.29) is 0 Å². The molecule has 3 rings (SSSR count). The maximum atomic E-state index is 4.49. The van der Waals surface area contributed by atoms with Gasteiger partial charge in [0.1, 0.15) is 5.82 Å². The van der Waals surface area contributed by atoms with Crippen molar-refractivity contribution in [2.45, 2.75) is 45.2 Å². The van der Waals surface area contributed by atoms with E-state index in [0.717, 1.165) is 41.1 Å². The number of anilines is 1. The van der Waals surface area contributed by atoms with Gasteiger partial charge in [0.05, 0.1) is 0 Å². The van der Waals surface area contributed by atoms with Gasteiger partial charge in [0.15, 0.2) is 5.16 Å². The number of hydrogen-bond acceptors (Lipinski definition) is 4. The summed E-state index contributed by atoms with van der Waals surface area (Å²) in [5.74, 6) is 2.07. The quantitative estimate of drug-likeness (QED) is 0.397. The van der Waals surface area contributed by atoms with Crippen molar-refractivity contribution in [3.05, 3.63) is 65.5 Å². The number of nitrogens with one attached hydrogen (secondary N) is 1. The largest absolute Gasteiger partial charge is 0.385 e. The van der Waals surface area contributed by atoms with E-state index in [2.05, 4.69) is 89.4 Å². The molecule has 0 radical (unpaired) electrons. The first-order valence-electron chi connectivity index (χ1n) is 9.62. The Labute approximate surface area is 166 Å². The summed E-state index contributed by atoms with van der Waals surface area (Å²) in [5, 5.41) is 13.4. The zero-order chi connectivity index (χ0) is 19.1. The van der Waals surface area contributed by atoms with Gasteiger partial charge in [0.2, 0.25) is 0 Å². The summed E-state index contributed by atoms with van der Waals surface area (Å²) in [7, 11) is 0. The van der Waals surface area contributed by atoms with Gasteiger partial charge in [-0.2, -0.15) is 0 Å². The average molecular weight is 381 g/mol. The number of unbranched alkanes of at least 4 members (excludes halogenated alkanes) is 1. The fraction of sp³-hybridized carbons (Fsp3) is 0.364. The molecule has 0 saturated heterocycles. The molecule has 0 spiro atoms. The van der Waals surface area contributed by atoms with Crippen molar-refractivity contribution in [3.8, 4) is 5.69 Å². The maximum absolute atomic E-state index is 4.49. The molecule has 0 aliphatic rings. The Morgan fingerprint density at radius 1 is 0.926 bits per heavy atom. The van der Waals surface area contributed by atoms with Crippen LogP contribution in [-0.2, 0) is 6.42 Å². The van der Waals surface area contributed by atoms with Crippen LogP contribution in [0.4, 0.5) is 5.69 Å². The molecule has 5 heteroatoms. The summed E-state index contributed by atoms with van der Waals surface area (Å²) in [6, 6.07) is 17.1. The van der Waals surface area contributed by atoms with Crippen LogP contribution in [0.3, 0.4) is 0 Å². The third-order valence-electron chi connectivity index (χ3n) is 4.45. The Balaban J connectivity index is 1.74. The highest BCUT2D eigenvalue weighted by molar-refractivity contribution is 7.99. The number of thioether (sulfide) groups is 1. The Hall–Kier alpha value is -2.27. The molecule has 0 unspecified atom stereocenters. The predicted molar refractivity (Wildman–Crippen MR) is 115 cm³/mol. The average Bonchev–Trinajstić information content (AvgIpc) is 3.07. The topological polar surface area (TPSA) is 42.7 Å². The van der Waals surface area contributed by atoms with Gasteiger partial charge in [-0.15, -0.1) is 10.2 Å². The summed E-state index contributed by atoms with van der Waals surface area (Å²) in [6.45, 7) is 7.25. The first-order valence-corrected chi connectivity index (χ1v) is 10.6. The second kappa shape index (κ2) is 9.60. The number of aromatic nitrogens is 3. The molecule has 0 saturated carbocycles. The smallest absolute Gasteiger partial charge is 0.195 e. The molecule has 0 bridgehead atoms. The van der Waals surface area contributed by atoms with Crippen molar-refractivity contribution in [2.75, 3.05) is 17.6 Å². The highest BCUT2D eigenvalue weighted by Gasteiger charge is 2.14. The van der Waals surface area contributed by atoms with Crippen LogP contribution in [0.15, 0.2) is 53.7 Å². The molecule has 0 fully saturated rings. The first kappa shape index (κ1) is 19.5. The Morgan fingerprint density at radius 3 is 2.26 bits per heavy atom. The predicted octanol–water partition coefficient (Wildman–Crippen LogP) is 5.43. The van der Waals surface area contributed by atoms with Gasteiger partial charge in [-0.3, -0.25) is 4.57 Å². The molecule has 27 heavy (non-hydrogen) atoms. The molecule has 1 heterocycles. The van der Waals surface area contributed by atoms with E-state index in [1.807, 2.05) is 0 Å². The van der Waals surface area contributed by atoms with Crippen molar-refractivity contribution in [1.29, 1.82) is 0 Å². The zero-order valence-corrected chi connectivity index (χ0v) is 17.2. The van der Waals surface area contributed by atoms with E-state index in [0.29, 0.717) is 0 Å². The standard InChI is InChI=1S/C22H28N4S/c1-4-5-16-27-22-25-24-21(26(22)20-12-8-18(3)9-13-20)14-15-23-19-10-6-17(2)7-11-19/h6-13,23H,4-5,14-16H2,1-3H3. The van der Waals surface area contributed by atoms with Crippen molar-refractivity contribution >= 4 is 17.4 Å². The van der Waals surface area contributed by atoms with E-state index in [9.17, 15) is 0 Å². The summed E-state index contributed by atoms with van der Waals surface area (Å²) in [5.41, 5.74) is 4.80. The molecule has 3 aromatic rings. The number of hydrogen-bond donors (Lipinski definition) is 1. The van der Waals surface area contributed by atoms with Gasteiger partial charge in [-0.25, -0.2) is 0 Å². The second-order valence-corrected chi connectivity index (χ2v) is 7.88. The van der Waals surface area contributed by atoms with Crippen LogP contribution in [0.5, 0.6) is 0 Å². The van der Waals surface area contributed by atoms with E-state index in [1.165, 1.54) is 24.0 Å². The third kappa shape index (κ3) is 5.36. The minimum absolute atomic E-state index is 0.823. The minimum Gasteiger partial charge on any atom is -0.385 e. The Bertz CT molecular complexity index is 838. The second-order valence-electron chi connectivity index (χ2n) is 6.81. The van der Waals surface area contributed by atoms with Crippen LogP contribution in [0.2, 0.25) is 0 Å². The first-order chi connectivity index (χ1) is 13.2. The highest BCUT2D eigenvalue weighted by Crippen LogP contribution is 2.23. The van der Waals surface area contributed by atoms with Crippen molar-refractivity contribution in [2.24, 2.45) is 0 Å². The SMILES string of the molecule is CCCCSc1nnc(CCNc2ccc(C)cc2)n1-c1ccc(C)cc1. The highest BCUT2D eigenvalue weighted by atomic mass is 32.2. The van der Waals surface area contributed by atoms with E-state index in [1.54, 1.807) is 11.8 Å². The Kier molecular flexibility index (Phi) is 6.93. The Morgan fingerprint density at radius 2 is 1.59 bits per heavy atom. The van der Waals surface area contributed by atoms with Gasteiger partial charge in [-0.05, 0) is 44.5 Å². The van der Waals surface area contributed by atoms with Crippen LogP contribution in [-0.4, -0.2) is 27.1 Å². The molecule has 0 aliphatic heterocycles. The lowest BCUT2D eigenvalue weighted by atomic mass is 10.2. The van der Waals surface area contributed by atoms with Gasteiger partial charge >= 0.3 is 0 Å². The molecule has 0 atom stereocenters. The lowest BCUT2D eigenvalue weighted by Gasteiger charge is -2.11. The van der Waals surface area contributed by atoms with Crippen molar-refractivity contribution in [3.63, 3.8) is 0 Å². The maximum Gasteiger partial charge on any atom is 0.195 e. The van der Waals surface area contributed by atoms with E-state index < -0.39 is 0 Å². The van der Waals surface area contributed by atoms with Crippen molar-refractivity contribution < 1.29 is 0 Å². The number of rotatable bonds is 9. The number of aryl methyl sites for hydroxylation is 2. The normalized spacial score (nSPS) is 10.9. The summed E-state index contributed by atoms with van der Waals surface area (Å²) in [4.78, 5) is 0. The van der Waals surface area contributed by atoms with Crippen LogP contribution < -0.4 is 5.32 Å². The van der Waals surface area contributed by atoms with Gasteiger partial charge < -0.3 is 5.32 Å². The molecule has 2 aromatic carbocycles. The lowest BCUT2D eigenvalue weighted by molar-refractivity contribution is 0.815. The third-order valence-corrected chi connectivity index (χ3v) is 5.47. The van der Waals surface area contributed by atoms with Crippen LogP contribution in [0, 0.1) is 13.8 Å². The molecule has 0 amide bonds. The van der Waals surface area contributed by atoms with Crippen molar-refractivity contribution in [1.82, 2.24) is 14.8 Å². The molecule has 1 N–H and O–H groups in total. The summed E-state index contributed by atoms with van der Waals surface area (Å²) < 4.78 is 2.20. The number of nitrogens with zero attached hydrogens (tertiary/aromatic N) is 3. The molecular weight excluding hydrogens is 352 g/mol. The van der Waals surface area contributed by atoms with Crippen LogP contribution >= 0.6 is 11.8 Å². The van der Waals surface area contributed by atoms with Gasteiger partial charge in [0, 0.05) is 30.1 Å². The molecular formula is C22H28N4S. The van der Waals surface area contributed by atoms with Gasteiger partial charge in [0.25, 0.3) is 0 Å². The van der Waals surface area contributed by atoms with Crippen LogP contribution in [0.1, 0.15) is 36.7 Å². The van der Waals surface area contributed by atoms with Gasteiger partial charge in [-0.1, -0.05) is 60.5 Å². The molecule has 142 valence electrons. The van der Waals surface area contributed by atoms with E-state index >= 15 is 0 Å². The zero-order valence-electron chi connectivity index (χ0n) is 16.4. The van der Waals surface area contributed by atoms with Crippen LogP contribution in [0.25, 0.3) is 5.69 Å². The molecule has 0 aliphatic carbocycles. The summed E-state index contributed by atoms with van der Waals surface area (Å²) in [6.07, 6.45) is 3.21. The molecule has 1 aromatic heterocycles. The fourth-order valence-corrected chi connectivity index (χ4v) is 3.86. The van der Waals surface area contributed by atoms with E-state index in [4.69, 9.17) is 0 Å². The fourth-order valence-electron chi connectivity index (χ4n) is 2.81. The summed E-state index contributed by atoms with van der Waals surface area (Å²) >= 11 is 1.79. The minimum atomic E-state index is 0.823.